The minimum absolute atomic E-state index is 0.289. The molecule has 1 aliphatic rings. The van der Waals surface area contributed by atoms with Crippen LogP contribution in [0.3, 0.4) is 0 Å². The fraction of sp³-hybridized carbons (Fsp3) is 1.00. The van der Waals surface area contributed by atoms with Gasteiger partial charge in [-0.25, -0.2) is 10.0 Å². The Balaban J connectivity index is 2.50. The van der Waals surface area contributed by atoms with E-state index in [1.807, 2.05) is 0 Å². The zero-order chi connectivity index (χ0) is 11.5. The van der Waals surface area contributed by atoms with Crippen molar-refractivity contribution in [1.82, 2.24) is 10.0 Å². The van der Waals surface area contributed by atoms with E-state index in [4.69, 9.17) is 0 Å². The van der Waals surface area contributed by atoms with Gasteiger partial charge >= 0.3 is 0 Å². The molecule has 0 aromatic carbocycles. The molecule has 0 bridgehead atoms. The quantitative estimate of drug-likeness (QED) is 0.709. The van der Waals surface area contributed by atoms with Crippen molar-refractivity contribution in [2.75, 3.05) is 19.6 Å². The van der Waals surface area contributed by atoms with Gasteiger partial charge in [-0.05, 0) is 46.0 Å². The van der Waals surface area contributed by atoms with Crippen molar-refractivity contribution in [3.63, 3.8) is 0 Å². The summed E-state index contributed by atoms with van der Waals surface area (Å²) in [6.07, 6.45) is 4.03. The molecule has 0 N–H and O–H groups in total. The fourth-order valence-electron chi connectivity index (χ4n) is 2.22. The van der Waals surface area contributed by atoms with Crippen LogP contribution in [0.25, 0.3) is 0 Å². The first-order valence-electron chi connectivity index (χ1n) is 6.44. The van der Waals surface area contributed by atoms with E-state index in [2.05, 4.69) is 44.6 Å². The molecule has 0 spiro atoms. The van der Waals surface area contributed by atoms with Crippen LogP contribution in [0.15, 0.2) is 0 Å². The van der Waals surface area contributed by atoms with Crippen LogP contribution in [-0.4, -0.2) is 35.2 Å². The molecule has 1 aliphatic heterocycles. The summed E-state index contributed by atoms with van der Waals surface area (Å²) in [5, 5.41) is 5.14. The highest BCUT2D eigenvalue weighted by Gasteiger charge is 2.28. The summed E-state index contributed by atoms with van der Waals surface area (Å²) in [6, 6.07) is 0. The largest absolute Gasteiger partial charge is 0.241 e. The Morgan fingerprint density at radius 3 is 2.20 bits per heavy atom. The first-order valence-corrected chi connectivity index (χ1v) is 6.44. The van der Waals surface area contributed by atoms with Gasteiger partial charge < -0.3 is 0 Å². The van der Waals surface area contributed by atoms with Crippen LogP contribution in [0, 0.1) is 5.92 Å². The van der Waals surface area contributed by atoms with Gasteiger partial charge in [0.15, 0.2) is 0 Å². The number of hydrogen-bond donors (Lipinski definition) is 0. The van der Waals surface area contributed by atoms with Gasteiger partial charge in [0.05, 0.1) is 0 Å². The van der Waals surface area contributed by atoms with Gasteiger partial charge in [-0.15, -0.1) is 0 Å². The van der Waals surface area contributed by atoms with Crippen LogP contribution < -0.4 is 0 Å². The van der Waals surface area contributed by atoms with Crippen LogP contribution in [0.4, 0.5) is 0 Å². The zero-order valence-electron chi connectivity index (χ0n) is 11.2. The predicted octanol–water partition coefficient (Wildman–Crippen LogP) is 3.14. The molecular weight excluding hydrogens is 184 g/mol. The van der Waals surface area contributed by atoms with Crippen molar-refractivity contribution in [3.05, 3.63) is 0 Å². The van der Waals surface area contributed by atoms with E-state index in [1.54, 1.807) is 0 Å². The molecular formula is C13H28N2. The average Bonchev–Trinajstić information content (AvgIpc) is 2.13. The molecule has 1 rings (SSSR count). The summed E-state index contributed by atoms with van der Waals surface area (Å²) in [5.74, 6) is 0.814. The maximum atomic E-state index is 2.57. The van der Waals surface area contributed by atoms with Crippen LogP contribution >= 0.6 is 0 Å². The third-order valence-electron chi connectivity index (χ3n) is 3.12. The molecule has 1 saturated heterocycles. The first kappa shape index (κ1) is 13.0. The Morgan fingerprint density at radius 1 is 1.07 bits per heavy atom. The molecule has 0 unspecified atom stereocenters. The van der Waals surface area contributed by atoms with Crippen LogP contribution in [-0.2, 0) is 0 Å². The molecule has 0 saturated carbocycles. The Morgan fingerprint density at radius 2 is 1.67 bits per heavy atom. The van der Waals surface area contributed by atoms with Crippen LogP contribution in [0.1, 0.15) is 53.9 Å². The second kappa shape index (κ2) is 5.31. The zero-order valence-corrected chi connectivity index (χ0v) is 11.2. The van der Waals surface area contributed by atoms with Gasteiger partial charge in [0.1, 0.15) is 0 Å². The highest BCUT2D eigenvalue weighted by Crippen LogP contribution is 2.22. The Labute approximate surface area is 95.6 Å². The van der Waals surface area contributed by atoms with E-state index in [-0.39, 0.29) is 5.54 Å². The fourth-order valence-corrected chi connectivity index (χ4v) is 2.22. The first-order chi connectivity index (χ1) is 6.91. The predicted molar refractivity (Wildman–Crippen MR) is 66.7 cm³/mol. The summed E-state index contributed by atoms with van der Waals surface area (Å²) in [6.45, 7) is 15.3. The van der Waals surface area contributed by atoms with Crippen LogP contribution in [0.5, 0.6) is 0 Å². The topological polar surface area (TPSA) is 6.48 Å². The van der Waals surface area contributed by atoms with E-state index < -0.39 is 0 Å². The third-order valence-corrected chi connectivity index (χ3v) is 3.12. The lowest BCUT2D eigenvalue weighted by atomic mass is 10.1. The summed E-state index contributed by atoms with van der Waals surface area (Å²) < 4.78 is 0. The maximum absolute atomic E-state index is 2.57. The van der Waals surface area contributed by atoms with Gasteiger partial charge in [0, 0.05) is 25.2 Å². The van der Waals surface area contributed by atoms with Crippen molar-refractivity contribution in [2.24, 2.45) is 5.92 Å². The molecule has 0 radical (unpaired) electrons. The molecule has 15 heavy (non-hydrogen) atoms. The van der Waals surface area contributed by atoms with E-state index in [0.29, 0.717) is 0 Å². The van der Waals surface area contributed by atoms with Crippen molar-refractivity contribution in [1.29, 1.82) is 0 Å². The second-order valence-electron chi connectivity index (χ2n) is 6.14. The molecule has 1 heterocycles. The standard InChI is InChI=1S/C13H28N2/c1-12(2)8-11-14-9-6-7-10-15(14)13(3,4)5/h12H,6-11H2,1-5H3. The van der Waals surface area contributed by atoms with E-state index in [0.717, 1.165) is 5.92 Å². The minimum atomic E-state index is 0.289. The van der Waals surface area contributed by atoms with Gasteiger partial charge in [-0.2, -0.15) is 0 Å². The molecule has 2 heteroatoms. The van der Waals surface area contributed by atoms with Gasteiger partial charge in [0.25, 0.3) is 0 Å². The minimum Gasteiger partial charge on any atom is -0.241 e. The lowest BCUT2D eigenvalue weighted by Gasteiger charge is -2.47. The summed E-state index contributed by atoms with van der Waals surface area (Å²) >= 11 is 0. The number of nitrogens with zero attached hydrogens (tertiary/aromatic N) is 2. The summed E-state index contributed by atoms with van der Waals surface area (Å²) in [5.41, 5.74) is 0.289. The molecule has 0 amide bonds. The molecule has 0 aromatic rings. The Bertz CT molecular complexity index is 181. The molecule has 90 valence electrons. The summed E-state index contributed by atoms with van der Waals surface area (Å²) in [7, 11) is 0. The number of hydrazine groups is 1. The average molecular weight is 212 g/mol. The highest BCUT2D eigenvalue weighted by molar-refractivity contribution is 4.78. The normalized spacial score (nSPS) is 21.2. The van der Waals surface area contributed by atoms with Crippen molar-refractivity contribution in [3.8, 4) is 0 Å². The van der Waals surface area contributed by atoms with Crippen molar-refractivity contribution < 1.29 is 0 Å². The second-order valence-corrected chi connectivity index (χ2v) is 6.14. The van der Waals surface area contributed by atoms with E-state index in [9.17, 15) is 0 Å². The lowest BCUT2D eigenvalue weighted by molar-refractivity contribution is -0.112. The van der Waals surface area contributed by atoms with Gasteiger partial charge in [0.2, 0.25) is 0 Å². The highest BCUT2D eigenvalue weighted by atomic mass is 15.6. The van der Waals surface area contributed by atoms with Crippen molar-refractivity contribution >= 4 is 0 Å². The molecule has 1 fully saturated rings. The van der Waals surface area contributed by atoms with Gasteiger partial charge in [-0.1, -0.05) is 13.8 Å². The number of hydrogen-bond acceptors (Lipinski definition) is 2. The molecule has 0 atom stereocenters. The van der Waals surface area contributed by atoms with Crippen LogP contribution in [0.2, 0.25) is 0 Å². The van der Waals surface area contributed by atoms with E-state index in [1.165, 1.54) is 38.9 Å². The SMILES string of the molecule is CC(C)CCN1CCCCN1C(C)(C)C. The maximum Gasteiger partial charge on any atom is 0.0272 e. The van der Waals surface area contributed by atoms with Gasteiger partial charge in [-0.3, -0.25) is 0 Å². The summed E-state index contributed by atoms with van der Waals surface area (Å²) in [4.78, 5) is 0. The smallest absolute Gasteiger partial charge is 0.0272 e. The van der Waals surface area contributed by atoms with E-state index >= 15 is 0 Å². The Hall–Kier alpha value is -0.0800. The Kier molecular flexibility index (Phi) is 4.60. The third kappa shape index (κ3) is 4.12. The number of rotatable bonds is 3. The monoisotopic (exact) mass is 212 g/mol. The molecule has 0 aromatic heterocycles. The molecule has 2 nitrogen and oxygen atoms in total. The molecule has 0 aliphatic carbocycles. The lowest BCUT2D eigenvalue weighted by Crippen LogP contribution is -2.56. The van der Waals surface area contributed by atoms with Crippen molar-refractivity contribution in [2.45, 2.75) is 59.4 Å².